The van der Waals surface area contributed by atoms with Crippen LogP contribution in [-0.2, 0) is 9.59 Å². The number of nitrogens with zero attached hydrogens (tertiary/aromatic N) is 1. The van der Waals surface area contributed by atoms with Crippen molar-refractivity contribution in [3.63, 3.8) is 0 Å². The fraction of sp³-hybridized carbons (Fsp3) is 0.625. The fourth-order valence-corrected chi connectivity index (χ4v) is 0.623. The number of carboxylic acids is 1. The van der Waals surface area contributed by atoms with Crippen LogP contribution in [-0.4, -0.2) is 54.6 Å². The van der Waals surface area contributed by atoms with Gasteiger partial charge in [0.15, 0.2) is 0 Å². The van der Waals surface area contributed by atoms with Crippen LogP contribution in [0.1, 0.15) is 6.92 Å². The highest BCUT2D eigenvalue weighted by atomic mass is 16.4. The highest BCUT2D eigenvalue weighted by Crippen LogP contribution is 1.81. The van der Waals surface area contributed by atoms with Crippen molar-refractivity contribution in [2.24, 2.45) is 0 Å². The maximum Gasteiger partial charge on any atom is 0.325 e. The number of rotatable bonds is 4. The molecule has 86 valence electrons. The lowest BCUT2D eigenvalue weighted by Gasteiger charge is -2.13. The Hall–Kier alpha value is -1.79. The van der Waals surface area contributed by atoms with Crippen molar-refractivity contribution >= 4 is 17.9 Å². The Bertz CT molecular complexity index is 265. The molecule has 0 aliphatic carbocycles. The molecule has 0 aromatic heterocycles. The Kier molecular flexibility index (Phi) is 5.14. The van der Waals surface area contributed by atoms with Gasteiger partial charge in [0, 0.05) is 14.1 Å². The molecule has 0 aromatic carbocycles. The summed E-state index contributed by atoms with van der Waals surface area (Å²) < 4.78 is 0. The predicted molar refractivity (Wildman–Crippen MR) is 52.3 cm³/mol. The molecular formula is C8H15N3O4. The number of likely N-dealkylation sites (N-methyl/N-ethyl adjacent to an activating group) is 1. The van der Waals surface area contributed by atoms with E-state index in [0.29, 0.717) is 0 Å². The third-order valence-corrected chi connectivity index (χ3v) is 1.62. The van der Waals surface area contributed by atoms with Crippen LogP contribution in [0, 0.1) is 0 Å². The molecule has 0 bridgehead atoms. The van der Waals surface area contributed by atoms with Crippen LogP contribution in [0.5, 0.6) is 0 Å². The van der Waals surface area contributed by atoms with E-state index < -0.39 is 18.0 Å². The van der Waals surface area contributed by atoms with Gasteiger partial charge in [-0.1, -0.05) is 0 Å². The van der Waals surface area contributed by atoms with Crippen molar-refractivity contribution in [3.05, 3.63) is 0 Å². The SMILES string of the molecule is C[C@H](NC(=O)NCC(=O)N(C)C)C(=O)O. The van der Waals surface area contributed by atoms with E-state index in [4.69, 9.17) is 5.11 Å². The molecule has 0 unspecified atom stereocenters. The summed E-state index contributed by atoms with van der Waals surface area (Å²) in [7, 11) is 3.11. The molecule has 0 saturated carbocycles. The van der Waals surface area contributed by atoms with E-state index in [0.717, 1.165) is 0 Å². The third kappa shape index (κ3) is 5.50. The van der Waals surface area contributed by atoms with E-state index in [1.165, 1.54) is 11.8 Å². The van der Waals surface area contributed by atoms with Crippen molar-refractivity contribution in [2.45, 2.75) is 13.0 Å². The summed E-state index contributed by atoms with van der Waals surface area (Å²) in [6.07, 6.45) is 0. The number of hydrogen-bond acceptors (Lipinski definition) is 3. The minimum Gasteiger partial charge on any atom is -0.480 e. The van der Waals surface area contributed by atoms with Crippen molar-refractivity contribution in [1.82, 2.24) is 15.5 Å². The normalized spacial score (nSPS) is 11.4. The number of urea groups is 1. The van der Waals surface area contributed by atoms with Gasteiger partial charge in [-0.25, -0.2) is 4.79 Å². The van der Waals surface area contributed by atoms with Crippen LogP contribution < -0.4 is 10.6 Å². The number of carboxylic acid groups (broad SMARTS) is 1. The minimum absolute atomic E-state index is 0.162. The Morgan fingerprint density at radius 3 is 2.27 bits per heavy atom. The molecule has 0 spiro atoms. The third-order valence-electron chi connectivity index (χ3n) is 1.62. The second kappa shape index (κ2) is 5.84. The quantitative estimate of drug-likeness (QED) is 0.553. The Balaban J connectivity index is 3.86. The first kappa shape index (κ1) is 13.2. The zero-order chi connectivity index (χ0) is 12.0. The summed E-state index contributed by atoms with van der Waals surface area (Å²) in [5.41, 5.74) is 0. The molecule has 15 heavy (non-hydrogen) atoms. The van der Waals surface area contributed by atoms with Crippen LogP contribution in [0.4, 0.5) is 4.79 Å². The number of aliphatic carboxylic acids is 1. The van der Waals surface area contributed by atoms with Crippen LogP contribution in [0.3, 0.4) is 0 Å². The molecule has 7 nitrogen and oxygen atoms in total. The van der Waals surface area contributed by atoms with Gasteiger partial charge in [-0.15, -0.1) is 0 Å². The molecule has 0 aliphatic rings. The van der Waals surface area contributed by atoms with Crippen LogP contribution in [0.15, 0.2) is 0 Å². The van der Waals surface area contributed by atoms with Gasteiger partial charge < -0.3 is 20.6 Å². The number of nitrogens with one attached hydrogen (secondary N) is 2. The summed E-state index contributed by atoms with van der Waals surface area (Å²) in [5, 5.41) is 12.9. The molecular weight excluding hydrogens is 202 g/mol. The molecule has 0 rings (SSSR count). The smallest absolute Gasteiger partial charge is 0.325 e. The van der Waals surface area contributed by atoms with Gasteiger partial charge in [0.1, 0.15) is 6.04 Å². The average Bonchev–Trinajstić information content (AvgIpc) is 2.13. The average molecular weight is 217 g/mol. The summed E-state index contributed by atoms with van der Waals surface area (Å²) in [5.74, 6) is -1.41. The molecule has 0 fully saturated rings. The fourth-order valence-electron chi connectivity index (χ4n) is 0.623. The monoisotopic (exact) mass is 217 g/mol. The second-order valence-electron chi connectivity index (χ2n) is 3.18. The molecule has 0 saturated heterocycles. The summed E-state index contributed by atoms with van der Waals surface area (Å²) >= 11 is 0. The molecule has 3 N–H and O–H groups in total. The molecule has 0 radical (unpaired) electrons. The van der Waals surface area contributed by atoms with E-state index >= 15 is 0 Å². The molecule has 1 atom stereocenters. The zero-order valence-electron chi connectivity index (χ0n) is 8.90. The molecule has 0 heterocycles. The van der Waals surface area contributed by atoms with E-state index in [9.17, 15) is 14.4 Å². The number of carbonyl (C=O) groups excluding carboxylic acids is 2. The van der Waals surface area contributed by atoms with Gasteiger partial charge >= 0.3 is 12.0 Å². The van der Waals surface area contributed by atoms with E-state index in [1.807, 2.05) is 0 Å². The van der Waals surface area contributed by atoms with Gasteiger partial charge in [-0.05, 0) is 6.92 Å². The first-order chi connectivity index (χ1) is 6.84. The van der Waals surface area contributed by atoms with Gasteiger partial charge in [0.25, 0.3) is 0 Å². The lowest BCUT2D eigenvalue weighted by molar-refractivity contribution is -0.138. The standard InChI is InChI=1S/C8H15N3O4/c1-5(7(13)14)10-8(15)9-4-6(12)11(2)3/h5H,4H2,1-3H3,(H,13,14)(H2,9,10,15)/t5-/m0/s1. The van der Waals surface area contributed by atoms with Crippen molar-refractivity contribution in [1.29, 1.82) is 0 Å². The Morgan fingerprint density at radius 1 is 1.33 bits per heavy atom. The summed E-state index contributed by atoms with van der Waals surface area (Å²) in [6, 6.07) is -1.67. The minimum atomic E-state index is -1.14. The van der Waals surface area contributed by atoms with Gasteiger partial charge in [-0.3, -0.25) is 9.59 Å². The van der Waals surface area contributed by atoms with Crippen molar-refractivity contribution < 1.29 is 19.5 Å². The number of amides is 3. The zero-order valence-corrected chi connectivity index (χ0v) is 8.90. The van der Waals surface area contributed by atoms with E-state index in [2.05, 4.69) is 10.6 Å². The van der Waals surface area contributed by atoms with Crippen LogP contribution in [0.25, 0.3) is 0 Å². The second-order valence-corrected chi connectivity index (χ2v) is 3.18. The highest BCUT2D eigenvalue weighted by molar-refractivity contribution is 5.86. The first-order valence-electron chi connectivity index (χ1n) is 4.32. The summed E-state index contributed by atoms with van der Waals surface area (Å²) in [4.78, 5) is 33.7. The van der Waals surface area contributed by atoms with Gasteiger partial charge in [0.05, 0.1) is 6.54 Å². The Labute approximate surface area is 87.4 Å². The van der Waals surface area contributed by atoms with E-state index in [1.54, 1.807) is 14.1 Å². The summed E-state index contributed by atoms with van der Waals surface area (Å²) in [6.45, 7) is 1.17. The van der Waals surface area contributed by atoms with Crippen molar-refractivity contribution in [3.8, 4) is 0 Å². The lowest BCUT2D eigenvalue weighted by Crippen LogP contribution is -2.47. The Morgan fingerprint density at radius 2 is 1.87 bits per heavy atom. The number of hydrogen-bond donors (Lipinski definition) is 3. The van der Waals surface area contributed by atoms with Gasteiger partial charge in [0.2, 0.25) is 5.91 Å². The maximum atomic E-state index is 11.0. The van der Waals surface area contributed by atoms with Gasteiger partial charge in [-0.2, -0.15) is 0 Å². The molecule has 3 amide bonds. The van der Waals surface area contributed by atoms with Crippen molar-refractivity contribution in [2.75, 3.05) is 20.6 Å². The highest BCUT2D eigenvalue weighted by Gasteiger charge is 2.14. The predicted octanol–water partition coefficient (Wildman–Crippen LogP) is -1.15. The lowest BCUT2D eigenvalue weighted by atomic mass is 10.3. The largest absolute Gasteiger partial charge is 0.480 e. The maximum absolute atomic E-state index is 11.0. The first-order valence-corrected chi connectivity index (χ1v) is 4.32. The van der Waals surface area contributed by atoms with E-state index in [-0.39, 0.29) is 12.5 Å². The van der Waals surface area contributed by atoms with Crippen LogP contribution >= 0.6 is 0 Å². The number of carbonyl (C=O) groups is 3. The molecule has 7 heteroatoms. The molecule has 0 aliphatic heterocycles. The molecule has 0 aromatic rings. The topological polar surface area (TPSA) is 98.7 Å². The van der Waals surface area contributed by atoms with Crippen LogP contribution in [0.2, 0.25) is 0 Å².